The second kappa shape index (κ2) is 6.33. The topological polar surface area (TPSA) is 0 Å². The maximum absolute atomic E-state index is 6.21. The second-order valence-corrected chi connectivity index (χ2v) is 8.88. The molecule has 2 aromatic rings. The Morgan fingerprint density at radius 1 is 0.750 bits per heavy atom. The third-order valence-corrected chi connectivity index (χ3v) is 7.56. The molecular weight excluding hydrogens is 336 g/mol. The number of rotatable bonds is 1. The van der Waals surface area contributed by atoms with Crippen LogP contribution < -0.4 is 0 Å². The maximum Gasteiger partial charge on any atom is 0.104 e. The molecular formula is C28H24. The molecule has 4 saturated carbocycles. The van der Waals surface area contributed by atoms with E-state index in [-0.39, 0.29) is 5.41 Å². The van der Waals surface area contributed by atoms with Gasteiger partial charge in [-0.05, 0) is 73.6 Å². The van der Waals surface area contributed by atoms with Crippen molar-refractivity contribution in [2.75, 3.05) is 0 Å². The van der Waals surface area contributed by atoms with Crippen LogP contribution in [0, 0.1) is 59.7 Å². The van der Waals surface area contributed by atoms with Gasteiger partial charge in [-0.15, -0.1) is 12.8 Å². The van der Waals surface area contributed by atoms with Crippen LogP contribution in [0.25, 0.3) is 0 Å². The third kappa shape index (κ3) is 2.30. The van der Waals surface area contributed by atoms with Gasteiger partial charge in [0.25, 0.3) is 0 Å². The summed E-state index contributed by atoms with van der Waals surface area (Å²) < 4.78 is 0. The van der Waals surface area contributed by atoms with E-state index in [0.717, 1.165) is 35.8 Å². The largest absolute Gasteiger partial charge is 0.118 e. The maximum atomic E-state index is 6.21. The summed E-state index contributed by atoms with van der Waals surface area (Å²) in [6.07, 6.45) is 18.4. The van der Waals surface area contributed by atoms with Gasteiger partial charge in [0.1, 0.15) is 5.41 Å². The molecule has 2 unspecified atom stereocenters. The standard InChI is InChI=1S/C28H24/c1-3-27(4-2)25-17-22-16-23(18-25)20-28(27,19-22)26-13-9-8-12-24(26)15-14-21-10-6-5-7-11-21/h1-2,5-13,22-23,25H,16-20H2. The first kappa shape index (κ1) is 17.2. The van der Waals surface area contributed by atoms with Crippen LogP contribution in [-0.4, -0.2) is 0 Å². The van der Waals surface area contributed by atoms with Gasteiger partial charge in [0.15, 0.2) is 0 Å². The predicted octanol–water partition coefficient (Wildman–Crippen LogP) is 5.42. The lowest BCUT2D eigenvalue weighted by Gasteiger charge is -2.64. The molecule has 0 saturated heterocycles. The molecule has 0 amide bonds. The Labute approximate surface area is 168 Å². The van der Waals surface area contributed by atoms with Crippen molar-refractivity contribution in [3.05, 3.63) is 71.3 Å². The average Bonchev–Trinajstić information content (AvgIpc) is 2.73. The Morgan fingerprint density at radius 2 is 1.39 bits per heavy atom. The zero-order valence-corrected chi connectivity index (χ0v) is 16.1. The first-order valence-corrected chi connectivity index (χ1v) is 10.3. The molecule has 4 aliphatic rings. The molecule has 4 bridgehead atoms. The Kier molecular flexibility index (Phi) is 3.90. The summed E-state index contributed by atoms with van der Waals surface area (Å²) in [7, 11) is 0. The highest BCUT2D eigenvalue weighted by Gasteiger charge is 2.65. The molecule has 28 heavy (non-hydrogen) atoms. The van der Waals surface area contributed by atoms with Crippen LogP contribution in [0.5, 0.6) is 0 Å². The Bertz CT molecular complexity index is 1020. The Morgan fingerprint density at radius 3 is 2.07 bits per heavy atom. The number of hydrogen-bond donors (Lipinski definition) is 0. The quantitative estimate of drug-likeness (QED) is 0.596. The van der Waals surface area contributed by atoms with Crippen molar-refractivity contribution < 1.29 is 0 Å². The molecule has 4 fully saturated rings. The zero-order valence-electron chi connectivity index (χ0n) is 16.1. The van der Waals surface area contributed by atoms with E-state index in [1.165, 1.54) is 24.8 Å². The normalized spacial score (nSPS) is 31.3. The minimum Gasteiger partial charge on any atom is -0.118 e. The van der Waals surface area contributed by atoms with E-state index in [4.69, 9.17) is 12.8 Å². The molecule has 0 nitrogen and oxygen atoms in total. The predicted molar refractivity (Wildman–Crippen MR) is 114 cm³/mol. The van der Waals surface area contributed by atoms with Crippen LogP contribution in [0.15, 0.2) is 54.6 Å². The van der Waals surface area contributed by atoms with Crippen molar-refractivity contribution in [3.8, 4) is 36.5 Å². The van der Waals surface area contributed by atoms with E-state index < -0.39 is 5.41 Å². The van der Waals surface area contributed by atoms with E-state index in [1.807, 2.05) is 30.3 Å². The highest BCUT2D eigenvalue weighted by atomic mass is 14.7. The first-order valence-electron chi connectivity index (χ1n) is 10.3. The number of hydrogen-bond acceptors (Lipinski definition) is 0. The molecule has 2 aromatic carbocycles. The second-order valence-electron chi connectivity index (χ2n) is 8.88. The van der Waals surface area contributed by atoms with Gasteiger partial charge in [-0.3, -0.25) is 0 Å². The smallest absolute Gasteiger partial charge is 0.104 e. The van der Waals surface area contributed by atoms with E-state index >= 15 is 0 Å². The molecule has 0 N–H and O–H groups in total. The summed E-state index contributed by atoms with van der Waals surface area (Å²) in [4.78, 5) is 0. The molecule has 4 aliphatic carbocycles. The minimum absolute atomic E-state index is 0.132. The van der Waals surface area contributed by atoms with Crippen molar-refractivity contribution in [1.82, 2.24) is 0 Å². The van der Waals surface area contributed by atoms with Crippen molar-refractivity contribution in [2.45, 2.75) is 37.5 Å². The van der Waals surface area contributed by atoms with Crippen molar-refractivity contribution in [1.29, 1.82) is 0 Å². The van der Waals surface area contributed by atoms with E-state index in [2.05, 4.69) is 47.9 Å². The lowest BCUT2D eigenvalue weighted by Crippen LogP contribution is -2.61. The molecule has 2 atom stereocenters. The van der Waals surface area contributed by atoms with Gasteiger partial charge in [-0.1, -0.05) is 60.1 Å². The van der Waals surface area contributed by atoms with Crippen molar-refractivity contribution in [2.24, 2.45) is 23.2 Å². The van der Waals surface area contributed by atoms with Gasteiger partial charge in [-0.25, -0.2) is 0 Å². The first-order chi connectivity index (χ1) is 13.7. The van der Waals surface area contributed by atoms with Crippen LogP contribution in [0.1, 0.15) is 48.8 Å². The van der Waals surface area contributed by atoms with Gasteiger partial charge in [0, 0.05) is 16.5 Å². The Balaban J connectivity index is 1.68. The highest BCUT2D eigenvalue weighted by Crippen LogP contribution is 2.68. The fourth-order valence-corrected chi connectivity index (χ4v) is 6.69. The summed E-state index contributed by atoms with van der Waals surface area (Å²) in [5.74, 6) is 15.1. The molecule has 6 rings (SSSR count). The summed E-state index contributed by atoms with van der Waals surface area (Å²) in [5.41, 5.74) is 2.79. The van der Waals surface area contributed by atoms with Gasteiger partial charge >= 0.3 is 0 Å². The third-order valence-electron chi connectivity index (χ3n) is 7.56. The number of benzene rings is 2. The monoisotopic (exact) mass is 360 g/mol. The summed E-state index contributed by atoms with van der Waals surface area (Å²) in [6.45, 7) is 0. The fourth-order valence-electron chi connectivity index (χ4n) is 6.69. The van der Waals surface area contributed by atoms with Gasteiger partial charge in [0.2, 0.25) is 0 Å². The van der Waals surface area contributed by atoms with Crippen LogP contribution in [0.4, 0.5) is 0 Å². The lowest BCUT2D eigenvalue weighted by atomic mass is 9.37. The minimum atomic E-state index is -0.481. The van der Waals surface area contributed by atoms with Crippen molar-refractivity contribution in [3.63, 3.8) is 0 Å². The van der Waals surface area contributed by atoms with Gasteiger partial charge < -0.3 is 0 Å². The molecule has 0 aromatic heterocycles. The molecule has 0 spiro atoms. The molecule has 0 aliphatic heterocycles. The molecule has 0 heteroatoms. The lowest BCUT2D eigenvalue weighted by molar-refractivity contribution is -0.0711. The summed E-state index contributed by atoms with van der Waals surface area (Å²) in [5, 5.41) is 0. The SMILES string of the molecule is C#CC1(C#C)C2CC3CC(C2)CC1(c1ccccc1C#Cc1ccccc1)C3. The molecule has 136 valence electrons. The van der Waals surface area contributed by atoms with E-state index in [9.17, 15) is 0 Å². The van der Waals surface area contributed by atoms with E-state index in [0.29, 0.717) is 5.92 Å². The zero-order chi connectivity index (χ0) is 19.2. The molecule has 0 radical (unpaired) electrons. The Hall–Kier alpha value is -2.88. The number of terminal acetylenes is 2. The van der Waals surface area contributed by atoms with E-state index in [1.54, 1.807) is 0 Å². The highest BCUT2D eigenvalue weighted by molar-refractivity contribution is 5.54. The van der Waals surface area contributed by atoms with Crippen LogP contribution >= 0.6 is 0 Å². The average molecular weight is 361 g/mol. The van der Waals surface area contributed by atoms with Crippen LogP contribution in [0.3, 0.4) is 0 Å². The summed E-state index contributed by atoms with van der Waals surface area (Å²) in [6, 6.07) is 18.7. The van der Waals surface area contributed by atoms with Gasteiger partial charge in [-0.2, -0.15) is 0 Å². The fraction of sp³-hybridized carbons (Fsp3) is 0.357. The van der Waals surface area contributed by atoms with Crippen LogP contribution in [-0.2, 0) is 5.41 Å². The van der Waals surface area contributed by atoms with Crippen molar-refractivity contribution >= 4 is 0 Å². The van der Waals surface area contributed by atoms with Crippen LogP contribution in [0.2, 0.25) is 0 Å². The summed E-state index contributed by atoms with van der Waals surface area (Å²) >= 11 is 0. The molecule has 0 heterocycles. The van der Waals surface area contributed by atoms with Gasteiger partial charge in [0.05, 0.1) is 0 Å².